The summed E-state index contributed by atoms with van der Waals surface area (Å²) < 4.78 is 39.3. The van der Waals surface area contributed by atoms with Crippen LogP contribution in [0.3, 0.4) is 0 Å². The largest absolute Gasteiger partial charge is 0.458 e. The Bertz CT molecular complexity index is 4140. The van der Waals surface area contributed by atoms with Crippen LogP contribution >= 0.6 is 0 Å². The normalized spacial score (nSPS) is 12.8. The van der Waals surface area contributed by atoms with Gasteiger partial charge in [0.25, 0.3) is 6.33 Å². The minimum atomic E-state index is -2.35. The van der Waals surface area contributed by atoms with E-state index in [1.807, 2.05) is 91.1 Å². The van der Waals surface area contributed by atoms with Crippen LogP contribution in [-0.2, 0) is 5.41 Å². The molecule has 0 atom stereocenters. The Balaban J connectivity index is 0.973. The van der Waals surface area contributed by atoms with Crippen LogP contribution in [0.25, 0.3) is 106 Å². The SMILES string of the molecule is [2H]C([2H])([2H])c1cc(-c2ccccc2)c(-[n+]2[c-]n(-c3cccc(Oc4ccc5c6c(n(-c7ccccn7)c5c4)-c4ccccc4-c4cccc5cccc-6c45)c3)c3ccccc32)c(-c2cccc(C(C)(C)C)c2)c1. The summed E-state index contributed by atoms with van der Waals surface area (Å²) in [7, 11) is 0. The second-order valence-electron chi connectivity index (χ2n) is 19.2. The number of benzene rings is 9. The molecule has 0 fully saturated rings. The summed E-state index contributed by atoms with van der Waals surface area (Å²) >= 11 is 0. The number of para-hydroxylation sites is 2. The fourth-order valence-electron chi connectivity index (χ4n) is 10.6. The van der Waals surface area contributed by atoms with Gasteiger partial charge in [-0.25, -0.2) is 4.98 Å². The van der Waals surface area contributed by atoms with Gasteiger partial charge in [-0.2, -0.15) is 0 Å². The molecule has 0 aliphatic heterocycles. The third-order valence-corrected chi connectivity index (χ3v) is 13.8. The first-order valence-electron chi connectivity index (χ1n) is 25.3. The van der Waals surface area contributed by atoms with Gasteiger partial charge in [-0.1, -0.05) is 190 Å². The van der Waals surface area contributed by atoms with E-state index < -0.39 is 6.85 Å². The molecule has 0 bridgehead atoms. The van der Waals surface area contributed by atoms with E-state index in [0.717, 1.165) is 83.8 Å². The maximum Gasteiger partial charge on any atom is 0.269 e. The standard InChI is InChI=1S/C65H48N4O/c1-42-36-55(43-18-6-5-7-19-43)63(56(37-42)45-22-14-23-46(38-45)65(2,3)4)68-41-67(57-30-10-11-31-58(57)68)47-24-17-25-48(39-47)70-49-33-34-53-59(40-49)69(60-32-12-13-35-66-60)64-52-27-9-8-26-50(52)51-28-15-20-44-21-16-29-54(61(44)51)62(53)64/h5-40H,1-4H3/i1D3. The summed E-state index contributed by atoms with van der Waals surface area (Å²) in [5.41, 5.74) is 16.1. The maximum atomic E-state index is 8.65. The molecule has 0 spiro atoms. The van der Waals surface area contributed by atoms with E-state index in [0.29, 0.717) is 11.5 Å². The van der Waals surface area contributed by atoms with E-state index in [-0.39, 0.29) is 11.0 Å². The molecule has 13 rings (SSSR count). The smallest absolute Gasteiger partial charge is 0.269 e. The van der Waals surface area contributed by atoms with Crippen LogP contribution in [0.4, 0.5) is 0 Å². The fourth-order valence-corrected chi connectivity index (χ4v) is 10.6. The summed E-state index contributed by atoms with van der Waals surface area (Å²) in [4.78, 5) is 4.95. The van der Waals surface area contributed by atoms with E-state index in [9.17, 15) is 0 Å². The monoisotopic (exact) mass is 903 g/mol. The van der Waals surface area contributed by atoms with E-state index >= 15 is 0 Å². The van der Waals surface area contributed by atoms with Crippen molar-refractivity contribution >= 4 is 32.7 Å². The highest BCUT2D eigenvalue weighted by Crippen LogP contribution is 2.52. The summed E-state index contributed by atoms with van der Waals surface area (Å²) in [6.45, 7) is 4.23. The predicted molar refractivity (Wildman–Crippen MR) is 286 cm³/mol. The van der Waals surface area contributed by atoms with E-state index in [2.05, 4.69) is 168 Å². The summed E-state index contributed by atoms with van der Waals surface area (Å²) in [6.07, 6.45) is 5.62. The van der Waals surface area contributed by atoms with Crippen molar-refractivity contribution in [3.63, 3.8) is 0 Å². The third kappa shape index (κ3) is 6.76. The highest BCUT2D eigenvalue weighted by atomic mass is 16.5. The van der Waals surface area contributed by atoms with E-state index in [1.165, 1.54) is 27.5 Å². The highest BCUT2D eigenvalue weighted by Gasteiger charge is 2.29. The predicted octanol–water partition coefficient (Wildman–Crippen LogP) is 16.2. The third-order valence-electron chi connectivity index (χ3n) is 13.8. The van der Waals surface area contributed by atoms with Gasteiger partial charge in [0.05, 0.1) is 33.6 Å². The molecule has 0 N–H and O–H groups in total. The highest BCUT2D eigenvalue weighted by molar-refractivity contribution is 6.19. The Kier molecular flexibility index (Phi) is 8.83. The zero-order valence-electron chi connectivity index (χ0n) is 42.0. The molecule has 3 aromatic heterocycles. The van der Waals surface area contributed by atoms with Gasteiger partial charge in [0.2, 0.25) is 0 Å². The zero-order valence-corrected chi connectivity index (χ0v) is 39.0. The first kappa shape index (κ1) is 38.2. The van der Waals surface area contributed by atoms with E-state index in [1.54, 1.807) is 0 Å². The number of aromatic nitrogens is 4. The van der Waals surface area contributed by atoms with Gasteiger partial charge < -0.3 is 4.74 Å². The first-order chi connectivity index (χ1) is 35.5. The van der Waals surface area contributed by atoms with Crippen molar-refractivity contribution in [1.82, 2.24) is 14.1 Å². The molecular weight excluding hydrogens is 853 g/mol. The van der Waals surface area contributed by atoms with Gasteiger partial charge in [0.15, 0.2) is 0 Å². The Morgan fingerprint density at radius 2 is 1.26 bits per heavy atom. The molecule has 0 saturated heterocycles. The van der Waals surface area contributed by atoms with Crippen molar-refractivity contribution in [2.45, 2.75) is 33.0 Å². The first-order valence-corrected chi connectivity index (χ1v) is 23.8. The topological polar surface area (TPSA) is 35.9 Å². The quantitative estimate of drug-likeness (QED) is 0.118. The average molecular weight is 904 g/mol. The molecule has 9 aromatic carbocycles. The minimum Gasteiger partial charge on any atom is -0.458 e. The number of imidazole rings is 1. The number of nitrogens with zero attached hydrogens (tertiary/aromatic N) is 4. The van der Waals surface area contributed by atoms with Crippen LogP contribution in [0.15, 0.2) is 219 Å². The number of hydrogen-bond acceptors (Lipinski definition) is 2. The molecule has 1 aliphatic rings. The Labute approximate surface area is 412 Å². The van der Waals surface area contributed by atoms with Crippen LogP contribution in [-0.4, -0.2) is 14.1 Å². The lowest BCUT2D eigenvalue weighted by Crippen LogP contribution is -2.31. The van der Waals surface area contributed by atoms with Gasteiger partial charge in [-0.15, -0.1) is 0 Å². The molecular formula is C65H48N4O. The van der Waals surface area contributed by atoms with Gasteiger partial charge in [-0.05, 0) is 110 Å². The van der Waals surface area contributed by atoms with Crippen molar-refractivity contribution in [3.8, 4) is 84.5 Å². The van der Waals surface area contributed by atoms with Crippen molar-refractivity contribution < 1.29 is 13.4 Å². The Morgan fingerprint density at radius 3 is 2.07 bits per heavy atom. The van der Waals surface area contributed by atoms with Crippen molar-refractivity contribution in [1.29, 1.82) is 0 Å². The number of fused-ring (bicyclic) bond motifs is 8. The summed E-state index contributed by atoms with van der Waals surface area (Å²) in [5.74, 6) is 2.15. The van der Waals surface area contributed by atoms with Gasteiger partial charge >= 0.3 is 0 Å². The molecule has 5 heteroatoms. The molecule has 0 radical (unpaired) electrons. The average Bonchev–Trinajstić information content (AvgIpc) is 3.93. The van der Waals surface area contributed by atoms with Gasteiger partial charge in [-0.3, -0.25) is 13.7 Å². The summed E-state index contributed by atoms with van der Waals surface area (Å²) in [5, 5.41) is 3.53. The molecule has 12 aromatic rings. The minimum absolute atomic E-state index is 0.134. The fraction of sp³-hybridized carbons (Fsp3) is 0.0769. The molecule has 3 heterocycles. The molecule has 0 amide bonds. The molecule has 0 unspecified atom stereocenters. The van der Waals surface area contributed by atoms with Crippen molar-refractivity contribution in [3.05, 3.63) is 236 Å². The number of hydrogen-bond donors (Lipinski definition) is 0. The van der Waals surface area contributed by atoms with Crippen molar-refractivity contribution in [2.75, 3.05) is 0 Å². The van der Waals surface area contributed by atoms with Gasteiger partial charge in [0.1, 0.15) is 17.3 Å². The Morgan fingerprint density at radius 1 is 0.557 bits per heavy atom. The summed E-state index contributed by atoms with van der Waals surface area (Å²) in [6, 6.07) is 72.9. The number of aryl methyl sites for hydroxylation is 1. The lowest BCUT2D eigenvalue weighted by Gasteiger charge is -2.22. The second kappa shape index (κ2) is 16.2. The second-order valence-corrected chi connectivity index (χ2v) is 19.2. The van der Waals surface area contributed by atoms with Crippen LogP contribution < -0.4 is 9.30 Å². The van der Waals surface area contributed by atoms with Crippen LogP contribution in [0, 0.1) is 13.2 Å². The Hall–Kier alpha value is -8.80. The van der Waals surface area contributed by atoms with Crippen molar-refractivity contribution in [2.24, 2.45) is 0 Å². The zero-order chi connectivity index (χ0) is 49.6. The number of pyridine rings is 1. The van der Waals surface area contributed by atoms with E-state index in [4.69, 9.17) is 13.8 Å². The lowest BCUT2D eigenvalue weighted by atomic mass is 9.84. The van der Waals surface area contributed by atoms with Gasteiger partial charge in [0, 0.05) is 32.9 Å². The number of rotatable bonds is 7. The van der Waals surface area contributed by atoms with Crippen LogP contribution in [0.1, 0.15) is 36.0 Å². The lowest BCUT2D eigenvalue weighted by molar-refractivity contribution is -0.571. The maximum absolute atomic E-state index is 8.65. The number of ether oxygens (including phenoxy) is 1. The molecule has 1 aliphatic carbocycles. The molecule has 70 heavy (non-hydrogen) atoms. The molecule has 0 saturated carbocycles. The molecule has 5 nitrogen and oxygen atoms in total. The van der Waals surface area contributed by atoms with Crippen LogP contribution in [0.2, 0.25) is 0 Å². The van der Waals surface area contributed by atoms with Crippen LogP contribution in [0.5, 0.6) is 11.5 Å². The molecule has 334 valence electrons.